The van der Waals surface area contributed by atoms with Gasteiger partial charge in [0.15, 0.2) is 12.3 Å². The van der Waals surface area contributed by atoms with Gasteiger partial charge in [0.2, 0.25) is 11.8 Å². The average molecular weight is 347 g/mol. The number of amides is 2. The Bertz CT molecular complexity index is 777. The SMILES string of the molecule is CCN1CC(NC(=O)c2coc(COc3cccc(F)c3)n2)CC1=O. The van der Waals surface area contributed by atoms with Crippen LogP contribution in [0.1, 0.15) is 29.7 Å². The Morgan fingerprint density at radius 3 is 3.08 bits per heavy atom. The zero-order valence-electron chi connectivity index (χ0n) is 13.7. The van der Waals surface area contributed by atoms with Crippen LogP contribution in [0.5, 0.6) is 5.75 Å². The molecule has 1 aliphatic rings. The number of ether oxygens (including phenoxy) is 1. The van der Waals surface area contributed by atoms with Crippen molar-refractivity contribution in [3.05, 3.63) is 47.9 Å². The molecule has 3 rings (SSSR count). The van der Waals surface area contributed by atoms with Gasteiger partial charge < -0.3 is 19.4 Å². The van der Waals surface area contributed by atoms with Gasteiger partial charge in [-0.1, -0.05) is 6.07 Å². The van der Waals surface area contributed by atoms with Gasteiger partial charge in [-0.25, -0.2) is 9.37 Å². The molecule has 1 aromatic carbocycles. The van der Waals surface area contributed by atoms with E-state index >= 15 is 0 Å². The van der Waals surface area contributed by atoms with Crippen molar-refractivity contribution < 1.29 is 23.1 Å². The van der Waals surface area contributed by atoms with Gasteiger partial charge in [-0.2, -0.15) is 0 Å². The molecular formula is C17H18FN3O4. The van der Waals surface area contributed by atoms with Crippen molar-refractivity contribution in [2.75, 3.05) is 13.1 Å². The van der Waals surface area contributed by atoms with Crippen molar-refractivity contribution in [3.8, 4) is 5.75 Å². The average Bonchev–Trinajstić information content (AvgIpc) is 3.19. The molecule has 2 amide bonds. The number of hydrogen-bond acceptors (Lipinski definition) is 5. The van der Waals surface area contributed by atoms with Gasteiger partial charge in [-0.15, -0.1) is 0 Å². The van der Waals surface area contributed by atoms with Crippen LogP contribution >= 0.6 is 0 Å². The van der Waals surface area contributed by atoms with E-state index in [1.807, 2.05) is 6.92 Å². The van der Waals surface area contributed by atoms with Crippen LogP contribution in [0.15, 0.2) is 34.9 Å². The molecule has 25 heavy (non-hydrogen) atoms. The fourth-order valence-corrected chi connectivity index (χ4v) is 2.62. The summed E-state index contributed by atoms with van der Waals surface area (Å²) in [4.78, 5) is 29.6. The lowest BCUT2D eigenvalue weighted by Gasteiger charge is -2.13. The third-order valence-corrected chi connectivity index (χ3v) is 3.87. The van der Waals surface area contributed by atoms with Crippen LogP contribution < -0.4 is 10.1 Å². The molecule has 1 fully saturated rings. The Labute approximate surface area is 143 Å². The number of nitrogens with zero attached hydrogens (tertiary/aromatic N) is 2. The summed E-state index contributed by atoms with van der Waals surface area (Å²) in [5.41, 5.74) is 0.111. The summed E-state index contributed by atoms with van der Waals surface area (Å²) in [7, 11) is 0. The number of benzene rings is 1. The van der Waals surface area contributed by atoms with Gasteiger partial charge in [-0.3, -0.25) is 9.59 Å². The fourth-order valence-electron chi connectivity index (χ4n) is 2.62. The van der Waals surface area contributed by atoms with Gasteiger partial charge >= 0.3 is 0 Å². The van der Waals surface area contributed by atoms with E-state index in [0.717, 1.165) is 0 Å². The first-order chi connectivity index (χ1) is 12.0. The second-order valence-electron chi connectivity index (χ2n) is 5.68. The number of likely N-dealkylation sites (tertiary alicyclic amines) is 1. The van der Waals surface area contributed by atoms with Crippen molar-refractivity contribution in [2.45, 2.75) is 26.0 Å². The Balaban J connectivity index is 1.54. The Kier molecular flexibility index (Phi) is 4.97. The maximum Gasteiger partial charge on any atom is 0.273 e. The predicted octanol–water partition coefficient (Wildman–Crippen LogP) is 1.74. The number of aromatic nitrogens is 1. The molecule has 0 aliphatic carbocycles. The molecule has 7 nitrogen and oxygen atoms in total. The number of halogens is 1. The van der Waals surface area contributed by atoms with Crippen molar-refractivity contribution >= 4 is 11.8 Å². The first-order valence-corrected chi connectivity index (χ1v) is 7.96. The van der Waals surface area contributed by atoms with Gasteiger partial charge in [-0.05, 0) is 19.1 Å². The van der Waals surface area contributed by atoms with Gasteiger partial charge in [0, 0.05) is 25.6 Å². The third kappa shape index (κ3) is 4.14. The third-order valence-electron chi connectivity index (χ3n) is 3.87. The van der Waals surface area contributed by atoms with Crippen molar-refractivity contribution in [2.24, 2.45) is 0 Å². The zero-order valence-corrected chi connectivity index (χ0v) is 13.7. The molecule has 1 N–H and O–H groups in total. The van der Waals surface area contributed by atoms with E-state index in [4.69, 9.17) is 9.15 Å². The van der Waals surface area contributed by atoms with E-state index in [2.05, 4.69) is 10.3 Å². The van der Waals surface area contributed by atoms with E-state index in [1.54, 1.807) is 11.0 Å². The summed E-state index contributed by atoms with van der Waals surface area (Å²) < 4.78 is 23.6. The van der Waals surface area contributed by atoms with Gasteiger partial charge in [0.1, 0.15) is 17.8 Å². The van der Waals surface area contributed by atoms with E-state index in [1.165, 1.54) is 24.5 Å². The largest absolute Gasteiger partial charge is 0.484 e. The monoisotopic (exact) mass is 347 g/mol. The summed E-state index contributed by atoms with van der Waals surface area (Å²) in [5, 5.41) is 2.77. The van der Waals surface area contributed by atoms with Crippen LogP contribution in [-0.2, 0) is 11.4 Å². The van der Waals surface area contributed by atoms with Crippen LogP contribution in [0.25, 0.3) is 0 Å². The van der Waals surface area contributed by atoms with E-state index in [9.17, 15) is 14.0 Å². The lowest BCUT2D eigenvalue weighted by atomic mass is 10.2. The molecule has 1 saturated heterocycles. The molecule has 1 aromatic heterocycles. The normalized spacial score (nSPS) is 17.0. The maximum absolute atomic E-state index is 13.1. The van der Waals surface area contributed by atoms with Crippen molar-refractivity contribution in [1.82, 2.24) is 15.2 Å². The van der Waals surface area contributed by atoms with Crippen molar-refractivity contribution in [1.29, 1.82) is 0 Å². The summed E-state index contributed by atoms with van der Waals surface area (Å²) >= 11 is 0. The second-order valence-corrected chi connectivity index (χ2v) is 5.68. The standard InChI is InChI=1S/C17H18FN3O4/c1-2-21-8-12(7-16(21)22)19-17(23)14-9-25-15(20-14)10-24-13-5-3-4-11(18)6-13/h3-6,9,12H,2,7-8,10H2,1H3,(H,19,23). The molecule has 1 aliphatic heterocycles. The quantitative estimate of drug-likeness (QED) is 0.860. The van der Waals surface area contributed by atoms with Crippen LogP contribution in [-0.4, -0.2) is 40.8 Å². The topological polar surface area (TPSA) is 84.7 Å². The molecule has 1 unspecified atom stereocenters. The molecular weight excluding hydrogens is 329 g/mol. The van der Waals surface area contributed by atoms with Crippen molar-refractivity contribution in [3.63, 3.8) is 0 Å². The van der Waals surface area contributed by atoms with E-state index in [0.29, 0.717) is 18.8 Å². The Morgan fingerprint density at radius 2 is 2.36 bits per heavy atom. The molecule has 132 valence electrons. The van der Waals surface area contributed by atoms with Crippen LogP contribution in [0.4, 0.5) is 4.39 Å². The molecule has 0 bridgehead atoms. The lowest BCUT2D eigenvalue weighted by molar-refractivity contribution is -0.127. The van der Waals surface area contributed by atoms with Gasteiger partial charge in [0.25, 0.3) is 5.91 Å². The first-order valence-electron chi connectivity index (χ1n) is 7.96. The molecule has 8 heteroatoms. The number of likely N-dealkylation sites (N-methyl/N-ethyl adjacent to an activating group) is 1. The second kappa shape index (κ2) is 7.33. The van der Waals surface area contributed by atoms with Crippen LogP contribution in [0, 0.1) is 5.82 Å². The number of oxazole rings is 1. The highest BCUT2D eigenvalue weighted by molar-refractivity contribution is 5.93. The lowest BCUT2D eigenvalue weighted by Crippen LogP contribution is -2.37. The summed E-state index contributed by atoms with van der Waals surface area (Å²) in [6.45, 7) is 2.98. The van der Waals surface area contributed by atoms with Crippen LogP contribution in [0.2, 0.25) is 0 Å². The minimum Gasteiger partial charge on any atom is -0.484 e. The molecule has 0 radical (unpaired) electrons. The van der Waals surface area contributed by atoms with Gasteiger partial charge in [0.05, 0.1) is 6.04 Å². The Hall–Kier alpha value is -2.90. The minimum absolute atomic E-state index is 0.0251. The molecule has 0 saturated carbocycles. The smallest absolute Gasteiger partial charge is 0.273 e. The number of rotatable bonds is 6. The maximum atomic E-state index is 13.1. The predicted molar refractivity (Wildman–Crippen MR) is 85.4 cm³/mol. The molecule has 0 spiro atoms. The highest BCUT2D eigenvalue weighted by atomic mass is 19.1. The highest BCUT2D eigenvalue weighted by Gasteiger charge is 2.30. The molecule has 2 heterocycles. The highest BCUT2D eigenvalue weighted by Crippen LogP contribution is 2.15. The minimum atomic E-state index is -0.406. The fraction of sp³-hybridized carbons (Fsp3) is 0.353. The summed E-state index contributed by atoms with van der Waals surface area (Å²) in [6.07, 6.45) is 1.51. The summed E-state index contributed by atoms with van der Waals surface area (Å²) in [6, 6.07) is 5.46. The number of nitrogens with one attached hydrogen (secondary N) is 1. The number of carbonyl (C=O) groups excluding carboxylic acids is 2. The van der Waals surface area contributed by atoms with Crippen LogP contribution in [0.3, 0.4) is 0 Å². The van der Waals surface area contributed by atoms with E-state index < -0.39 is 11.7 Å². The number of hydrogen-bond donors (Lipinski definition) is 1. The first kappa shape index (κ1) is 16.9. The Morgan fingerprint density at radius 1 is 1.52 bits per heavy atom. The summed E-state index contributed by atoms with van der Waals surface area (Å²) in [5.74, 6) is -0.244. The molecule has 1 atom stereocenters. The zero-order chi connectivity index (χ0) is 17.8. The number of carbonyl (C=O) groups is 2. The molecule has 2 aromatic rings. The van der Waals surface area contributed by atoms with E-state index in [-0.39, 0.29) is 36.6 Å².